The zero-order chi connectivity index (χ0) is 36.0. The summed E-state index contributed by atoms with van der Waals surface area (Å²) in [6.45, 7) is 4.64. The van der Waals surface area contributed by atoms with Gasteiger partial charge in [-0.3, -0.25) is 0 Å². The molecule has 0 spiro atoms. The molecule has 0 bridgehead atoms. The van der Waals surface area contributed by atoms with Crippen molar-refractivity contribution in [1.82, 2.24) is 15.0 Å². The minimum Gasteiger partial charge on any atom is -0.247 e. The van der Waals surface area contributed by atoms with Gasteiger partial charge in [-0.2, -0.15) is 0 Å². The minimum absolute atomic E-state index is 0.0529. The maximum atomic E-state index is 5.34. The summed E-state index contributed by atoms with van der Waals surface area (Å²) in [6, 6.07) is 58.6. The van der Waals surface area contributed by atoms with Crippen LogP contribution < -0.4 is 0 Å². The lowest BCUT2D eigenvalue weighted by atomic mass is 9.82. The van der Waals surface area contributed by atoms with Gasteiger partial charge in [0.2, 0.25) is 0 Å². The van der Waals surface area contributed by atoms with E-state index in [2.05, 4.69) is 178 Å². The molecule has 11 rings (SSSR count). The van der Waals surface area contributed by atoms with E-state index in [1.807, 2.05) is 11.3 Å². The summed E-state index contributed by atoms with van der Waals surface area (Å²) >= 11 is 1.83. The second-order valence-electron chi connectivity index (χ2n) is 14.8. The Morgan fingerprint density at radius 3 is 1.93 bits per heavy atom. The Kier molecular flexibility index (Phi) is 6.77. The SMILES string of the molecule is CC1(C)c2ccccc2-c2cc(-c3cc(-c4ccccc4)nc(-c4ccc5sc6ccc7c(-c8ccccc8)nc8ccccc8c7c6c5c4)n3)ccc21. The normalized spacial score (nSPS) is 13.1. The van der Waals surface area contributed by atoms with Gasteiger partial charge in [-0.25, -0.2) is 15.0 Å². The fourth-order valence-corrected chi connectivity index (χ4v) is 9.72. The molecule has 0 saturated heterocycles. The molecule has 10 aromatic rings. The first kappa shape index (κ1) is 31.1. The van der Waals surface area contributed by atoms with Crippen LogP contribution in [0.5, 0.6) is 0 Å². The third kappa shape index (κ3) is 4.70. The Bertz CT molecular complexity index is 3120. The molecule has 3 heterocycles. The number of pyridine rings is 1. The fourth-order valence-electron chi connectivity index (χ4n) is 8.62. The lowest BCUT2D eigenvalue weighted by Crippen LogP contribution is -2.14. The Morgan fingerprint density at radius 2 is 1.09 bits per heavy atom. The molecule has 7 aromatic carbocycles. The number of benzene rings is 7. The highest BCUT2D eigenvalue weighted by atomic mass is 32.1. The number of para-hydroxylation sites is 1. The molecule has 0 fully saturated rings. The van der Waals surface area contributed by atoms with Gasteiger partial charge in [0, 0.05) is 64.0 Å². The number of hydrogen-bond donors (Lipinski definition) is 0. The molecule has 1 aliphatic rings. The van der Waals surface area contributed by atoms with Gasteiger partial charge >= 0.3 is 0 Å². The molecule has 3 nitrogen and oxygen atoms in total. The predicted molar refractivity (Wildman–Crippen MR) is 227 cm³/mol. The predicted octanol–water partition coefficient (Wildman–Crippen LogP) is 13.5. The average molecular weight is 708 g/mol. The van der Waals surface area contributed by atoms with Crippen LogP contribution in [-0.2, 0) is 5.41 Å². The van der Waals surface area contributed by atoms with E-state index in [0.29, 0.717) is 5.82 Å². The van der Waals surface area contributed by atoms with Crippen LogP contribution in [0.1, 0.15) is 25.0 Å². The van der Waals surface area contributed by atoms with Crippen molar-refractivity contribution in [2.24, 2.45) is 0 Å². The van der Waals surface area contributed by atoms with E-state index in [1.165, 1.54) is 47.8 Å². The van der Waals surface area contributed by atoms with Gasteiger partial charge in [0.1, 0.15) is 0 Å². The summed E-state index contributed by atoms with van der Waals surface area (Å²) in [6.07, 6.45) is 0. The zero-order valence-electron chi connectivity index (χ0n) is 29.8. The maximum Gasteiger partial charge on any atom is 0.160 e. The van der Waals surface area contributed by atoms with Crippen LogP contribution >= 0.6 is 11.3 Å². The Hall–Kier alpha value is -6.49. The van der Waals surface area contributed by atoms with E-state index in [-0.39, 0.29) is 5.41 Å². The van der Waals surface area contributed by atoms with E-state index in [0.717, 1.165) is 55.6 Å². The van der Waals surface area contributed by atoms with Crippen molar-refractivity contribution in [2.45, 2.75) is 19.3 Å². The molecule has 0 unspecified atom stereocenters. The molecule has 0 N–H and O–H groups in total. The highest BCUT2D eigenvalue weighted by Gasteiger charge is 2.35. The molecule has 1 aliphatic carbocycles. The monoisotopic (exact) mass is 707 g/mol. The van der Waals surface area contributed by atoms with Crippen molar-refractivity contribution in [3.8, 4) is 56.3 Å². The molecular weight excluding hydrogens is 675 g/mol. The fraction of sp³-hybridized carbons (Fsp3) is 0.0600. The van der Waals surface area contributed by atoms with Crippen LogP contribution in [0.25, 0.3) is 98.1 Å². The molecule has 3 aromatic heterocycles. The van der Waals surface area contributed by atoms with E-state index < -0.39 is 0 Å². The first-order chi connectivity index (χ1) is 26.5. The van der Waals surface area contributed by atoms with Crippen LogP contribution in [0.4, 0.5) is 0 Å². The van der Waals surface area contributed by atoms with Crippen molar-refractivity contribution in [1.29, 1.82) is 0 Å². The minimum atomic E-state index is -0.0529. The summed E-state index contributed by atoms with van der Waals surface area (Å²) in [5, 5.41) is 6.02. The molecule has 54 heavy (non-hydrogen) atoms. The molecule has 0 radical (unpaired) electrons. The first-order valence-corrected chi connectivity index (χ1v) is 19.3. The summed E-state index contributed by atoms with van der Waals surface area (Å²) in [5.41, 5.74) is 13.3. The summed E-state index contributed by atoms with van der Waals surface area (Å²) < 4.78 is 2.49. The first-order valence-electron chi connectivity index (χ1n) is 18.4. The van der Waals surface area contributed by atoms with E-state index >= 15 is 0 Å². The number of nitrogens with zero attached hydrogens (tertiary/aromatic N) is 3. The van der Waals surface area contributed by atoms with Crippen LogP contribution in [0.15, 0.2) is 164 Å². The van der Waals surface area contributed by atoms with E-state index in [9.17, 15) is 0 Å². The Balaban J connectivity index is 1.15. The van der Waals surface area contributed by atoms with Crippen molar-refractivity contribution in [3.05, 3.63) is 175 Å². The number of thiophene rings is 1. The van der Waals surface area contributed by atoms with Crippen molar-refractivity contribution < 1.29 is 0 Å². The molecule has 4 heteroatoms. The lowest BCUT2D eigenvalue weighted by molar-refractivity contribution is 0.660. The Labute approximate surface area is 317 Å². The van der Waals surface area contributed by atoms with E-state index in [1.54, 1.807) is 0 Å². The standard InChI is InChI=1S/C50H33N3S/c1-50(2)39-19-11-9-17-34(39)37-27-32(21-24-40(37)50)43-29-42(30-13-5-3-6-14-30)52-49(53-43)33-22-25-44-38(28-33)47-45(54-44)26-23-36-46(47)35-18-10-12-20-41(35)51-48(36)31-15-7-4-8-16-31/h3-29H,1-2H3. The van der Waals surface area contributed by atoms with Gasteiger partial charge in [-0.1, -0.05) is 135 Å². The average Bonchev–Trinajstić information content (AvgIpc) is 3.72. The van der Waals surface area contributed by atoms with Gasteiger partial charge < -0.3 is 0 Å². The van der Waals surface area contributed by atoms with Crippen LogP contribution in [-0.4, -0.2) is 15.0 Å². The molecule has 0 aliphatic heterocycles. The van der Waals surface area contributed by atoms with Gasteiger partial charge in [0.15, 0.2) is 5.82 Å². The zero-order valence-corrected chi connectivity index (χ0v) is 30.7. The number of rotatable bonds is 4. The van der Waals surface area contributed by atoms with Gasteiger partial charge in [0.05, 0.1) is 22.6 Å². The van der Waals surface area contributed by atoms with Gasteiger partial charge in [-0.15, -0.1) is 11.3 Å². The van der Waals surface area contributed by atoms with Crippen molar-refractivity contribution in [3.63, 3.8) is 0 Å². The van der Waals surface area contributed by atoms with Crippen LogP contribution in [0.2, 0.25) is 0 Å². The second-order valence-corrected chi connectivity index (χ2v) is 15.9. The highest BCUT2D eigenvalue weighted by Crippen LogP contribution is 2.50. The highest BCUT2D eigenvalue weighted by molar-refractivity contribution is 7.26. The number of aromatic nitrogens is 3. The second kappa shape index (κ2) is 11.8. The quantitative estimate of drug-likeness (QED) is 0.171. The third-order valence-electron chi connectivity index (χ3n) is 11.3. The molecule has 0 amide bonds. The smallest absolute Gasteiger partial charge is 0.160 e. The molecule has 254 valence electrons. The van der Waals surface area contributed by atoms with Crippen molar-refractivity contribution >= 4 is 53.2 Å². The van der Waals surface area contributed by atoms with E-state index in [4.69, 9.17) is 15.0 Å². The lowest BCUT2D eigenvalue weighted by Gasteiger charge is -2.21. The number of hydrogen-bond acceptors (Lipinski definition) is 4. The van der Waals surface area contributed by atoms with Crippen LogP contribution in [0, 0.1) is 0 Å². The maximum absolute atomic E-state index is 5.34. The topological polar surface area (TPSA) is 38.7 Å². The summed E-state index contributed by atoms with van der Waals surface area (Å²) in [4.78, 5) is 15.8. The van der Waals surface area contributed by atoms with Crippen LogP contribution in [0.3, 0.4) is 0 Å². The molecular formula is C50H33N3S. The Morgan fingerprint density at radius 1 is 0.426 bits per heavy atom. The third-order valence-corrected chi connectivity index (χ3v) is 12.4. The van der Waals surface area contributed by atoms with Gasteiger partial charge in [-0.05, 0) is 64.7 Å². The largest absolute Gasteiger partial charge is 0.247 e. The summed E-state index contributed by atoms with van der Waals surface area (Å²) in [5.74, 6) is 0.713. The molecule has 0 atom stereocenters. The summed E-state index contributed by atoms with van der Waals surface area (Å²) in [7, 11) is 0. The van der Waals surface area contributed by atoms with Crippen molar-refractivity contribution in [2.75, 3.05) is 0 Å². The number of fused-ring (bicyclic) bond motifs is 10. The van der Waals surface area contributed by atoms with Gasteiger partial charge in [0.25, 0.3) is 0 Å². The molecule has 0 saturated carbocycles.